The van der Waals surface area contributed by atoms with Gasteiger partial charge in [-0.05, 0) is 59.8 Å². The number of pyridine rings is 1. The van der Waals surface area contributed by atoms with E-state index in [0.29, 0.717) is 6.04 Å². The standard InChI is InChI=1S/C16H20BrN3/c1-10-3-4-11(2)20(9-10)15-6-5-14(18)13-7-12(17)8-19-16(13)15/h5-8,10-11H,3-4,9,18H2,1-2H3. The monoisotopic (exact) mass is 333 g/mol. The minimum atomic E-state index is 0.559. The third-order valence-electron chi connectivity index (χ3n) is 4.26. The second kappa shape index (κ2) is 5.24. The number of benzene rings is 1. The normalized spacial score (nSPS) is 23.2. The van der Waals surface area contributed by atoms with E-state index in [0.717, 1.165) is 33.5 Å². The maximum atomic E-state index is 6.11. The average Bonchev–Trinajstić information content (AvgIpc) is 2.43. The van der Waals surface area contributed by atoms with Gasteiger partial charge in [-0.1, -0.05) is 6.92 Å². The van der Waals surface area contributed by atoms with Crippen LogP contribution in [0.15, 0.2) is 28.9 Å². The molecule has 2 unspecified atom stereocenters. The highest BCUT2D eigenvalue weighted by Gasteiger charge is 2.25. The first-order valence-corrected chi connectivity index (χ1v) is 7.96. The molecule has 1 aromatic heterocycles. The Morgan fingerprint density at radius 3 is 2.90 bits per heavy atom. The molecule has 1 aliphatic heterocycles. The van der Waals surface area contributed by atoms with Crippen molar-refractivity contribution in [2.75, 3.05) is 17.2 Å². The fraction of sp³-hybridized carbons (Fsp3) is 0.438. The molecule has 1 saturated heterocycles. The van der Waals surface area contributed by atoms with Gasteiger partial charge < -0.3 is 10.6 Å². The van der Waals surface area contributed by atoms with Crippen LogP contribution in [0.2, 0.25) is 0 Å². The lowest BCUT2D eigenvalue weighted by molar-refractivity contribution is 0.391. The topological polar surface area (TPSA) is 42.1 Å². The number of nitrogens with zero attached hydrogens (tertiary/aromatic N) is 2. The SMILES string of the molecule is CC1CCC(C)N(c2ccc(N)c3cc(Br)cnc23)C1. The molecule has 3 rings (SSSR count). The number of fused-ring (bicyclic) bond motifs is 1. The molecule has 0 saturated carbocycles. The number of rotatable bonds is 1. The van der Waals surface area contributed by atoms with Gasteiger partial charge in [0.25, 0.3) is 0 Å². The summed E-state index contributed by atoms with van der Waals surface area (Å²) in [5.41, 5.74) is 9.11. The lowest BCUT2D eigenvalue weighted by Gasteiger charge is -2.39. The molecule has 0 radical (unpaired) electrons. The van der Waals surface area contributed by atoms with E-state index in [-0.39, 0.29) is 0 Å². The summed E-state index contributed by atoms with van der Waals surface area (Å²) in [5.74, 6) is 0.731. The fourth-order valence-electron chi connectivity index (χ4n) is 3.06. The Bertz CT molecular complexity index is 641. The van der Waals surface area contributed by atoms with Crippen molar-refractivity contribution in [3.8, 4) is 0 Å². The van der Waals surface area contributed by atoms with E-state index in [1.807, 2.05) is 12.3 Å². The zero-order valence-corrected chi connectivity index (χ0v) is 13.5. The highest BCUT2D eigenvalue weighted by molar-refractivity contribution is 9.10. The van der Waals surface area contributed by atoms with Crippen LogP contribution in [0.4, 0.5) is 11.4 Å². The van der Waals surface area contributed by atoms with Crippen molar-refractivity contribution in [3.63, 3.8) is 0 Å². The second-order valence-electron chi connectivity index (χ2n) is 5.91. The van der Waals surface area contributed by atoms with Crippen LogP contribution < -0.4 is 10.6 Å². The van der Waals surface area contributed by atoms with Crippen molar-refractivity contribution in [1.29, 1.82) is 0 Å². The first kappa shape index (κ1) is 13.7. The van der Waals surface area contributed by atoms with Crippen LogP contribution in [0.25, 0.3) is 10.9 Å². The molecule has 2 heterocycles. The van der Waals surface area contributed by atoms with Gasteiger partial charge in [-0.2, -0.15) is 0 Å². The van der Waals surface area contributed by atoms with Gasteiger partial charge in [0.2, 0.25) is 0 Å². The summed E-state index contributed by atoms with van der Waals surface area (Å²) in [6.45, 7) is 5.72. The highest BCUT2D eigenvalue weighted by atomic mass is 79.9. The van der Waals surface area contributed by atoms with E-state index in [2.05, 4.69) is 51.8 Å². The molecule has 20 heavy (non-hydrogen) atoms. The maximum Gasteiger partial charge on any atom is 0.0956 e. The zero-order valence-electron chi connectivity index (χ0n) is 11.9. The van der Waals surface area contributed by atoms with Crippen LogP contribution >= 0.6 is 15.9 Å². The molecule has 3 nitrogen and oxygen atoms in total. The Morgan fingerprint density at radius 1 is 1.30 bits per heavy atom. The summed E-state index contributed by atoms with van der Waals surface area (Å²) >= 11 is 3.48. The summed E-state index contributed by atoms with van der Waals surface area (Å²) in [6, 6.07) is 6.73. The van der Waals surface area contributed by atoms with Crippen LogP contribution in [0.1, 0.15) is 26.7 Å². The first-order chi connectivity index (χ1) is 9.56. The molecule has 1 fully saturated rings. The smallest absolute Gasteiger partial charge is 0.0956 e. The first-order valence-electron chi connectivity index (χ1n) is 7.16. The molecule has 0 bridgehead atoms. The third-order valence-corrected chi connectivity index (χ3v) is 4.69. The van der Waals surface area contributed by atoms with Crippen molar-refractivity contribution in [2.24, 2.45) is 5.92 Å². The number of piperidine rings is 1. The molecule has 0 aliphatic carbocycles. The summed E-state index contributed by atoms with van der Waals surface area (Å²) in [7, 11) is 0. The van der Waals surface area contributed by atoms with E-state index in [1.54, 1.807) is 0 Å². The molecule has 1 aromatic carbocycles. The average molecular weight is 334 g/mol. The molecule has 0 amide bonds. The molecular weight excluding hydrogens is 314 g/mol. The lowest BCUT2D eigenvalue weighted by atomic mass is 9.94. The van der Waals surface area contributed by atoms with Crippen molar-refractivity contribution >= 4 is 38.2 Å². The van der Waals surface area contributed by atoms with Crippen LogP contribution in [-0.2, 0) is 0 Å². The predicted molar refractivity (Wildman–Crippen MR) is 89.1 cm³/mol. The molecule has 106 valence electrons. The Labute approximate surface area is 128 Å². The molecule has 2 N–H and O–H groups in total. The molecule has 2 atom stereocenters. The van der Waals surface area contributed by atoms with Gasteiger partial charge in [0.1, 0.15) is 0 Å². The van der Waals surface area contributed by atoms with E-state index in [9.17, 15) is 0 Å². The van der Waals surface area contributed by atoms with Crippen LogP contribution in [0.5, 0.6) is 0 Å². The minimum absolute atomic E-state index is 0.559. The quantitative estimate of drug-likeness (QED) is 0.795. The third kappa shape index (κ3) is 2.37. The number of nitrogens with two attached hydrogens (primary N) is 1. The number of anilines is 2. The number of halogens is 1. The van der Waals surface area contributed by atoms with Gasteiger partial charge in [-0.15, -0.1) is 0 Å². The van der Waals surface area contributed by atoms with Crippen molar-refractivity contribution in [3.05, 3.63) is 28.9 Å². The number of hydrogen-bond acceptors (Lipinski definition) is 3. The fourth-order valence-corrected chi connectivity index (χ4v) is 3.39. The van der Waals surface area contributed by atoms with Crippen LogP contribution in [-0.4, -0.2) is 17.6 Å². The van der Waals surface area contributed by atoms with Gasteiger partial charge in [-0.25, -0.2) is 0 Å². The van der Waals surface area contributed by atoms with E-state index < -0.39 is 0 Å². The lowest BCUT2D eigenvalue weighted by Crippen LogP contribution is -2.41. The Balaban J connectivity index is 2.14. The second-order valence-corrected chi connectivity index (χ2v) is 6.82. The van der Waals surface area contributed by atoms with Gasteiger partial charge in [-0.3, -0.25) is 4.98 Å². The van der Waals surface area contributed by atoms with Gasteiger partial charge >= 0.3 is 0 Å². The van der Waals surface area contributed by atoms with Crippen molar-refractivity contribution in [1.82, 2.24) is 4.98 Å². The van der Waals surface area contributed by atoms with Gasteiger partial charge in [0.05, 0.1) is 11.2 Å². The minimum Gasteiger partial charge on any atom is -0.398 e. The molecule has 1 aliphatic rings. The number of hydrogen-bond donors (Lipinski definition) is 1. The van der Waals surface area contributed by atoms with E-state index >= 15 is 0 Å². The molecule has 0 spiro atoms. The predicted octanol–water partition coefficient (Wildman–Crippen LogP) is 4.20. The van der Waals surface area contributed by atoms with E-state index in [4.69, 9.17) is 5.73 Å². The Kier molecular flexibility index (Phi) is 3.59. The van der Waals surface area contributed by atoms with Gasteiger partial charge in [0.15, 0.2) is 0 Å². The molecule has 4 heteroatoms. The van der Waals surface area contributed by atoms with Crippen molar-refractivity contribution in [2.45, 2.75) is 32.7 Å². The molecule has 2 aromatic rings. The van der Waals surface area contributed by atoms with Crippen molar-refractivity contribution < 1.29 is 0 Å². The number of nitrogen functional groups attached to an aromatic ring is 1. The Hall–Kier alpha value is -1.29. The number of aromatic nitrogens is 1. The van der Waals surface area contributed by atoms with E-state index in [1.165, 1.54) is 18.5 Å². The zero-order chi connectivity index (χ0) is 14.3. The maximum absolute atomic E-state index is 6.11. The summed E-state index contributed by atoms with van der Waals surface area (Å²) < 4.78 is 0.967. The summed E-state index contributed by atoms with van der Waals surface area (Å²) in [6.07, 6.45) is 4.40. The van der Waals surface area contributed by atoms with Gasteiger partial charge in [0, 0.05) is 34.3 Å². The van der Waals surface area contributed by atoms with Crippen LogP contribution in [0.3, 0.4) is 0 Å². The largest absolute Gasteiger partial charge is 0.398 e. The summed E-state index contributed by atoms with van der Waals surface area (Å²) in [5, 5.41) is 1.03. The highest BCUT2D eigenvalue weighted by Crippen LogP contribution is 2.35. The van der Waals surface area contributed by atoms with Crippen LogP contribution in [0, 0.1) is 5.92 Å². The molecular formula is C16H20BrN3. The summed E-state index contributed by atoms with van der Waals surface area (Å²) in [4.78, 5) is 7.09. The Morgan fingerprint density at radius 2 is 2.10 bits per heavy atom.